The number of hydrogen-bond acceptors (Lipinski definition) is 9. The molecule has 1 fully saturated rings. The van der Waals surface area contributed by atoms with Gasteiger partial charge < -0.3 is 29.9 Å². The summed E-state index contributed by atoms with van der Waals surface area (Å²) in [5.74, 6) is 1.42. The normalized spacial score (nSPS) is 13.8. The summed E-state index contributed by atoms with van der Waals surface area (Å²) >= 11 is 1.49. The zero-order valence-electron chi connectivity index (χ0n) is 20.7. The first-order chi connectivity index (χ1) is 18.0. The second-order valence-electron chi connectivity index (χ2n) is 8.61. The number of methoxy groups -OCH3 is 1. The fourth-order valence-electron chi connectivity index (χ4n) is 4.04. The summed E-state index contributed by atoms with van der Waals surface area (Å²) in [6, 6.07) is 15.4. The Labute approximate surface area is 219 Å². The van der Waals surface area contributed by atoms with Gasteiger partial charge in [0.05, 0.1) is 12.6 Å². The molecule has 1 amide bonds. The van der Waals surface area contributed by atoms with Crippen LogP contribution in [0.2, 0.25) is 0 Å². The lowest BCUT2D eigenvalue weighted by Crippen LogP contribution is -2.44. The Morgan fingerprint density at radius 1 is 1.03 bits per heavy atom. The van der Waals surface area contributed by atoms with E-state index in [1.165, 1.54) is 23.1 Å². The van der Waals surface area contributed by atoms with Crippen molar-refractivity contribution in [2.75, 3.05) is 55.9 Å². The Kier molecular flexibility index (Phi) is 7.20. The third kappa shape index (κ3) is 5.65. The van der Waals surface area contributed by atoms with Crippen LogP contribution in [0.5, 0.6) is 17.4 Å². The first kappa shape index (κ1) is 24.5. The number of carbonyl (C=O) groups excluding carboxylic acids is 1. The third-order valence-electron chi connectivity index (χ3n) is 6.09. The summed E-state index contributed by atoms with van der Waals surface area (Å²) in [4.78, 5) is 25.8. The lowest BCUT2D eigenvalue weighted by molar-refractivity contribution is -0.111. The van der Waals surface area contributed by atoms with Crippen molar-refractivity contribution in [3.8, 4) is 17.4 Å². The number of nitrogens with one attached hydrogen (secondary N) is 2. The molecule has 0 bridgehead atoms. The highest BCUT2D eigenvalue weighted by Gasteiger charge is 2.16. The molecule has 0 saturated carbocycles. The van der Waals surface area contributed by atoms with E-state index in [1.54, 1.807) is 25.3 Å². The summed E-state index contributed by atoms with van der Waals surface area (Å²) in [7, 11) is 3.71. The van der Waals surface area contributed by atoms with E-state index in [-0.39, 0.29) is 5.91 Å². The van der Waals surface area contributed by atoms with Crippen molar-refractivity contribution >= 4 is 50.5 Å². The van der Waals surface area contributed by atoms with E-state index in [9.17, 15) is 4.79 Å². The number of fused-ring (bicyclic) bond motifs is 1. The highest BCUT2D eigenvalue weighted by Crippen LogP contribution is 2.38. The molecule has 1 saturated heterocycles. The number of aromatic nitrogens is 2. The van der Waals surface area contributed by atoms with Crippen molar-refractivity contribution in [2.45, 2.75) is 0 Å². The van der Waals surface area contributed by atoms with Gasteiger partial charge in [0.2, 0.25) is 17.7 Å². The molecular formula is C27H28N6O3S. The number of nitrogens with zero attached hydrogens (tertiary/aromatic N) is 4. The Balaban J connectivity index is 1.39. The number of benzene rings is 2. The van der Waals surface area contributed by atoms with Gasteiger partial charge in [-0.05, 0) is 61.0 Å². The molecule has 2 N–H and O–H groups in total. The van der Waals surface area contributed by atoms with Crippen molar-refractivity contribution in [2.24, 2.45) is 0 Å². The number of rotatable bonds is 8. The van der Waals surface area contributed by atoms with Crippen molar-refractivity contribution in [1.82, 2.24) is 14.9 Å². The number of anilines is 4. The summed E-state index contributed by atoms with van der Waals surface area (Å²) < 4.78 is 12.5. The average Bonchev–Trinajstić information content (AvgIpc) is 3.39. The van der Waals surface area contributed by atoms with Gasteiger partial charge in [-0.15, -0.1) is 11.3 Å². The molecule has 1 aliphatic rings. The minimum absolute atomic E-state index is 0.316. The average molecular weight is 517 g/mol. The highest BCUT2D eigenvalue weighted by atomic mass is 32.1. The van der Waals surface area contributed by atoms with Gasteiger partial charge in [-0.25, -0.2) is 4.98 Å². The maximum absolute atomic E-state index is 11.8. The number of carbonyl (C=O) groups is 1. The van der Waals surface area contributed by atoms with Crippen LogP contribution in [0.25, 0.3) is 10.2 Å². The zero-order chi connectivity index (χ0) is 25.8. The summed E-state index contributed by atoms with van der Waals surface area (Å²) in [5, 5.41) is 7.98. The molecule has 0 spiro atoms. The maximum atomic E-state index is 11.8. The standard InChI is InChI=1S/C27H28N6O3S/c1-4-24(34)28-19-7-10-22(35-3)23(17-19)36-26-25-21(11-16-37-25)30-27(31-26)29-18-5-8-20(9-6-18)33-14-12-32(2)13-15-33/h4-11,16-17H,1,12-15H2,2-3H3,(H,28,34)(H,29,30,31). The molecule has 190 valence electrons. The predicted molar refractivity (Wildman–Crippen MR) is 149 cm³/mol. The first-order valence-electron chi connectivity index (χ1n) is 11.9. The number of ether oxygens (including phenoxy) is 2. The molecule has 10 heteroatoms. The minimum atomic E-state index is -0.316. The van der Waals surface area contributed by atoms with Crippen LogP contribution >= 0.6 is 11.3 Å². The molecule has 37 heavy (non-hydrogen) atoms. The van der Waals surface area contributed by atoms with Crippen LogP contribution in [-0.2, 0) is 4.79 Å². The highest BCUT2D eigenvalue weighted by molar-refractivity contribution is 7.17. The van der Waals surface area contributed by atoms with Gasteiger partial charge in [0, 0.05) is 49.3 Å². The van der Waals surface area contributed by atoms with Gasteiger partial charge in [0.1, 0.15) is 4.70 Å². The van der Waals surface area contributed by atoms with Crippen LogP contribution in [0.15, 0.2) is 66.6 Å². The van der Waals surface area contributed by atoms with Crippen LogP contribution in [0.4, 0.5) is 23.0 Å². The van der Waals surface area contributed by atoms with Crippen molar-refractivity contribution in [3.05, 3.63) is 66.6 Å². The molecule has 0 aliphatic carbocycles. The molecule has 2 aromatic heterocycles. The van der Waals surface area contributed by atoms with Crippen molar-refractivity contribution < 1.29 is 14.3 Å². The third-order valence-corrected chi connectivity index (χ3v) is 6.98. The van der Waals surface area contributed by atoms with E-state index in [0.29, 0.717) is 29.0 Å². The SMILES string of the molecule is C=CC(=O)Nc1ccc(OC)c(Oc2nc(Nc3ccc(N4CCN(C)CC4)cc3)nc3ccsc23)c1. The molecule has 2 aromatic carbocycles. The Morgan fingerprint density at radius 3 is 2.51 bits per heavy atom. The molecule has 1 aliphatic heterocycles. The van der Waals surface area contributed by atoms with E-state index < -0.39 is 0 Å². The lowest BCUT2D eigenvalue weighted by atomic mass is 10.2. The van der Waals surface area contributed by atoms with Crippen molar-refractivity contribution in [3.63, 3.8) is 0 Å². The smallest absolute Gasteiger partial charge is 0.247 e. The monoisotopic (exact) mass is 516 g/mol. The Bertz CT molecular complexity index is 1410. The van der Waals surface area contributed by atoms with Gasteiger partial charge in [-0.3, -0.25) is 4.79 Å². The second kappa shape index (κ2) is 10.9. The van der Waals surface area contributed by atoms with Gasteiger partial charge in [0.25, 0.3) is 0 Å². The summed E-state index contributed by atoms with van der Waals surface area (Å²) in [5.41, 5.74) is 3.40. The van der Waals surface area contributed by atoms with Crippen LogP contribution in [-0.4, -0.2) is 61.1 Å². The minimum Gasteiger partial charge on any atom is -0.493 e. The van der Waals surface area contributed by atoms with E-state index in [1.807, 2.05) is 23.6 Å². The van der Waals surface area contributed by atoms with Crippen LogP contribution in [0.3, 0.4) is 0 Å². The molecular weight excluding hydrogens is 488 g/mol. The molecule has 0 atom stereocenters. The van der Waals surface area contributed by atoms with Gasteiger partial charge in [-0.1, -0.05) is 6.58 Å². The van der Waals surface area contributed by atoms with Crippen LogP contribution in [0, 0.1) is 0 Å². The zero-order valence-corrected chi connectivity index (χ0v) is 21.5. The van der Waals surface area contributed by atoms with E-state index >= 15 is 0 Å². The van der Waals surface area contributed by atoms with E-state index in [0.717, 1.165) is 42.1 Å². The molecule has 5 rings (SSSR count). The second-order valence-corrected chi connectivity index (χ2v) is 9.53. The number of amides is 1. The topological polar surface area (TPSA) is 91.8 Å². The Hall–Kier alpha value is -4.15. The fourth-order valence-corrected chi connectivity index (χ4v) is 4.80. The largest absolute Gasteiger partial charge is 0.493 e. The van der Waals surface area contributed by atoms with Crippen molar-refractivity contribution in [1.29, 1.82) is 0 Å². The van der Waals surface area contributed by atoms with Crippen LogP contribution in [0.1, 0.15) is 0 Å². The van der Waals surface area contributed by atoms with Gasteiger partial charge in [-0.2, -0.15) is 4.98 Å². The van der Waals surface area contributed by atoms with Gasteiger partial charge in [0.15, 0.2) is 11.5 Å². The number of piperazine rings is 1. The molecule has 0 unspecified atom stereocenters. The predicted octanol–water partition coefficient (Wildman–Crippen LogP) is 5.11. The number of hydrogen-bond donors (Lipinski definition) is 2. The Morgan fingerprint density at radius 2 is 1.78 bits per heavy atom. The van der Waals surface area contributed by atoms with Gasteiger partial charge >= 0.3 is 0 Å². The quantitative estimate of drug-likeness (QED) is 0.312. The van der Waals surface area contributed by atoms with E-state index in [2.05, 4.69) is 56.2 Å². The van der Waals surface area contributed by atoms with Crippen LogP contribution < -0.4 is 25.0 Å². The first-order valence-corrected chi connectivity index (χ1v) is 12.8. The molecule has 3 heterocycles. The number of likely N-dealkylation sites (N-methyl/N-ethyl adjacent to an activating group) is 1. The molecule has 0 radical (unpaired) electrons. The molecule has 9 nitrogen and oxygen atoms in total. The maximum Gasteiger partial charge on any atom is 0.247 e. The number of thiophene rings is 1. The van der Waals surface area contributed by atoms with E-state index in [4.69, 9.17) is 9.47 Å². The summed E-state index contributed by atoms with van der Waals surface area (Å²) in [6.07, 6.45) is 1.21. The fraction of sp³-hybridized carbons (Fsp3) is 0.222. The lowest BCUT2D eigenvalue weighted by Gasteiger charge is -2.34. The summed E-state index contributed by atoms with van der Waals surface area (Å²) in [6.45, 7) is 7.65. The molecule has 4 aromatic rings.